The molecule has 0 aromatic rings. The van der Waals surface area contributed by atoms with Crippen molar-refractivity contribution in [2.75, 3.05) is 20.6 Å². The van der Waals surface area contributed by atoms with Crippen LogP contribution in [0.4, 0.5) is 0 Å². The van der Waals surface area contributed by atoms with Crippen LogP contribution in [-0.2, 0) is 0 Å². The van der Waals surface area contributed by atoms with Crippen LogP contribution in [0, 0.1) is 0 Å². The van der Waals surface area contributed by atoms with Gasteiger partial charge in [-0.25, -0.2) is 0 Å². The highest BCUT2D eigenvalue weighted by atomic mass is 15.0. The molecule has 0 amide bonds. The van der Waals surface area contributed by atoms with E-state index in [0.29, 0.717) is 0 Å². The summed E-state index contributed by atoms with van der Waals surface area (Å²) in [4.78, 5) is 2.10. The standard InChI is InChI=1S/C8H15N/c1-5-6-8(2)7-9(3)4/h5-6H,2,7H2,1,3-4H3/b6-5-. The molecule has 0 fully saturated rings. The highest BCUT2D eigenvalue weighted by Gasteiger charge is 1.88. The Morgan fingerprint density at radius 1 is 1.56 bits per heavy atom. The lowest BCUT2D eigenvalue weighted by atomic mass is 10.3. The maximum atomic E-state index is 3.86. The zero-order valence-corrected chi connectivity index (χ0v) is 6.52. The number of likely N-dealkylation sites (N-methyl/N-ethyl adjacent to an activating group) is 1. The second-order valence-electron chi connectivity index (χ2n) is 2.40. The molecule has 0 bridgehead atoms. The van der Waals surface area contributed by atoms with Crippen molar-refractivity contribution in [3.63, 3.8) is 0 Å². The largest absolute Gasteiger partial charge is 0.305 e. The molecule has 52 valence electrons. The van der Waals surface area contributed by atoms with Crippen LogP contribution in [0.15, 0.2) is 24.3 Å². The Hall–Kier alpha value is -0.560. The molecule has 0 N–H and O–H groups in total. The molecule has 0 atom stereocenters. The van der Waals surface area contributed by atoms with E-state index in [2.05, 4.69) is 11.5 Å². The molecule has 0 unspecified atom stereocenters. The van der Waals surface area contributed by atoms with E-state index in [1.54, 1.807) is 0 Å². The van der Waals surface area contributed by atoms with Crippen molar-refractivity contribution in [1.82, 2.24) is 4.90 Å². The lowest BCUT2D eigenvalue weighted by Crippen LogP contribution is -2.13. The molecule has 0 aliphatic carbocycles. The molecule has 1 nitrogen and oxygen atoms in total. The van der Waals surface area contributed by atoms with Crippen molar-refractivity contribution in [3.05, 3.63) is 24.3 Å². The fourth-order valence-electron chi connectivity index (χ4n) is 0.695. The quantitative estimate of drug-likeness (QED) is 0.519. The third-order valence-corrected chi connectivity index (χ3v) is 0.922. The molecule has 1 heteroatoms. The van der Waals surface area contributed by atoms with Crippen LogP contribution in [0.25, 0.3) is 0 Å². The zero-order valence-electron chi connectivity index (χ0n) is 6.52. The van der Waals surface area contributed by atoms with Gasteiger partial charge in [0.2, 0.25) is 0 Å². The van der Waals surface area contributed by atoms with Gasteiger partial charge in [0.1, 0.15) is 0 Å². The summed E-state index contributed by atoms with van der Waals surface area (Å²) in [5, 5.41) is 0. The highest BCUT2D eigenvalue weighted by Crippen LogP contribution is 1.92. The van der Waals surface area contributed by atoms with E-state index >= 15 is 0 Å². The molecule has 0 aromatic carbocycles. The molecule has 0 heterocycles. The van der Waals surface area contributed by atoms with Crippen LogP contribution in [0.5, 0.6) is 0 Å². The van der Waals surface area contributed by atoms with Crippen LogP contribution >= 0.6 is 0 Å². The Morgan fingerprint density at radius 2 is 2.11 bits per heavy atom. The van der Waals surface area contributed by atoms with Gasteiger partial charge in [-0.15, -0.1) is 0 Å². The number of hydrogen-bond donors (Lipinski definition) is 0. The van der Waals surface area contributed by atoms with Crippen molar-refractivity contribution in [2.24, 2.45) is 0 Å². The van der Waals surface area contributed by atoms with Gasteiger partial charge in [-0.2, -0.15) is 0 Å². The average Bonchev–Trinajstić information content (AvgIpc) is 1.63. The second kappa shape index (κ2) is 4.33. The van der Waals surface area contributed by atoms with Gasteiger partial charge in [-0.05, 0) is 26.6 Å². The van der Waals surface area contributed by atoms with Crippen molar-refractivity contribution in [2.45, 2.75) is 6.92 Å². The highest BCUT2D eigenvalue weighted by molar-refractivity contribution is 5.14. The Labute approximate surface area is 57.7 Å². The Balaban J connectivity index is 3.51. The molecular formula is C8H15N. The summed E-state index contributed by atoms with van der Waals surface area (Å²) in [6.07, 6.45) is 4.03. The molecule has 0 saturated carbocycles. The maximum Gasteiger partial charge on any atom is 0.0221 e. The smallest absolute Gasteiger partial charge is 0.0221 e. The predicted octanol–water partition coefficient (Wildman–Crippen LogP) is 1.68. The number of rotatable bonds is 3. The van der Waals surface area contributed by atoms with E-state index in [0.717, 1.165) is 12.1 Å². The molecule has 0 aromatic heterocycles. The minimum Gasteiger partial charge on any atom is -0.305 e. The maximum absolute atomic E-state index is 3.86. The molecule has 0 saturated heterocycles. The fourth-order valence-corrected chi connectivity index (χ4v) is 0.695. The summed E-state index contributed by atoms with van der Waals surface area (Å²) in [6, 6.07) is 0. The first kappa shape index (κ1) is 8.44. The van der Waals surface area contributed by atoms with Crippen LogP contribution < -0.4 is 0 Å². The van der Waals surface area contributed by atoms with Crippen molar-refractivity contribution < 1.29 is 0 Å². The Morgan fingerprint density at radius 3 is 2.44 bits per heavy atom. The van der Waals surface area contributed by atoms with Crippen molar-refractivity contribution in [3.8, 4) is 0 Å². The molecule has 0 spiro atoms. The average molecular weight is 125 g/mol. The van der Waals surface area contributed by atoms with Gasteiger partial charge >= 0.3 is 0 Å². The van der Waals surface area contributed by atoms with Crippen LogP contribution in [0.3, 0.4) is 0 Å². The minimum absolute atomic E-state index is 0.949. The van der Waals surface area contributed by atoms with E-state index < -0.39 is 0 Å². The van der Waals surface area contributed by atoms with Crippen molar-refractivity contribution >= 4 is 0 Å². The van der Waals surface area contributed by atoms with Gasteiger partial charge in [0.15, 0.2) is 0 Å². The van der Waals surface area contributed by atoms with Gasteiger partial charge in [-0.3, -0.25) is 0 Å². The molecule has 0 aliphatic heterocycles. The van der Waals surface area contributed by atoms with Crippen LogP contribution in [0.2, 0.25) is 0 Å². The lowest BCUT2D eigenvalue weighted by Gasteiger charge is -2.07. The van der Waals surface area contributed by atoms with Crippen LogP contribution in [-0.4, -0.2) is 25.5 Å². The predicted molar refractivity (Wildman–Crippen MR) is 42.5 cm³/mol. The van der Waals surface area contributed by atoms with Gasteiger partial charge in [0, 0.05) is 6.54 Å². The topological polar surface area (TPSA) is 3.24 Å². The Kier molecular flexibility index (Phi) is 4.06. The normalized spacial score (nSPS) is 11.1. The van der Waals surface area contributed by atoms with E-state index in [4.69, 9.17) is 0 Å². The van der Waals surface area contributed by atoms with Gasteiger partial charge in [0.25, 0.3) is 0 Å². The first-order valence-electron chi connectivity index (χ1n) is 3.12. The lowest BCUT2D eigenvalue weighted by molar-refractivity contribution is 0.449. The monoisotopic (exact) mass is 125 g/mol. The fraction of sp³-hybridized carbons (Fsp3) is 0.500. The van der Waals surface area contributed by atoms with Gasteiger partial charge < -0.3 is 4.90 Å². The third-order valence-electron chi connectivity index (χ3n) is 0.922. The first-order valence-corrected chi connectivity index (χ1v) is 3.12. The molecule has 0 rings (SSSR count). The SMILES string of the molecule is C=C(/C=C\C)CN(C)C. The van der Waals surface area contributed by atoms with Crippen molar-refractivity contribution in [1.29, 1.82) is 0 Å². The van der Waals surface area contributed by atoms with Gasteiger partial charge in [-0.1, -0.05) is 18.7 Å². The summed E-state index contributed by atoms with van der Waals surface area (Å²) >= 11 is 0. The first-order chi connectivity index (χ1) is 4.16. The van der Waals surface area contributed by atoms with Crippen LogP contribution in [0.1, 0.15) is 6.92 Å². The summed E-state index contributed by atoms with van der Waals surface area (Å²) in [6.45, 7) is 6.81. The summed E-state index contributed by atoms with van der Waals surface area (Å²) in [5.41, 5.74) is 1.16. The molecule has 0 aliphatic rings. The minimum atomic E-state index is 0.949. The second-order valence-corrected chi connectivity index (χ2v) is 2.40. The zero-order chi connectivity index (χ0) is 7.28. The summed E-state index contributed by atoms with van der Waals surface area (Å²) in [5.74, 6) is 0. The number of nitrogens with zero attached hydrogens (tertiary/aromatic N) is 1. The number of hydrogen-bond acceptors (Lipinski definition) is 1. The van der Waals surface area contributed by atoms with Gasteiger partial charge in [0.05, 0.1) is 0 Å². The molecule has 9 heavy (non-hydrogen) atoms. The molecule has 0 radical (unpaired) electrons. The van der Waals surface area contributed by atoms with E-state index in [-0.39, 0.29) is 0 Å². The summed E-state index contributed by atoms with van der Waals surface area (Å²) < 4.78 is 0. The molecular weight excluding hydrogens is 110 g/mol. The third kappa shape index (κ3) is 5.31. The van der Waals surface area contributed by atoms with E-state index in [1.807, 2.05) is 33.2 Å². The summed E-state index contributed by atoms with van der Waals surface area (Å²) in [7, 11) is 4.07. The van der Waals surface area contributed by atoms with E-state index in [1.165, 1.54) is 0 Å². The Bertz CT molecular complexity index is 112. The van der Waals surface area contributed by atoms with E-state index in [9.17, 15) is 0 Å². The number of allylic oxidation sites excluding steroid dienone is 1.